The Morgan fingerprint density at radius 3 is 2.60 bits per heavy atom. The molecule has 35 heavy (non-hydrogen) atoms. The molecule has 0 radical (unpaired) electrons. The fourth-order valence-electron chi connectivity index (χ4n) is 4.88. The van der Waals surface area contributed by atoms with Gasteiger partial charge in [0.15, 0.2) is 5.78 Å². The lowest BCUT2D eigenvalue weighted by Gasteiger charge is -2.36. The molecule has 0 fully saturated rings. The average Bonchev–Trinajstić information content (AvgIpc) is 2.86. The maximum Gasteiger partial charge on any atom is 0.336 e. The number of hydrogen-bond donors (Lipinski definition) is 1. The molecule has 0 saturated carbocycles. The molecule has 4 rings (SSSR count). The van der Waals surface area contributed by atoms with Gasteiger partial charge in [0.1, 0.15) is 12.4 Å². The van der Waals surface area contributed by atoms with E-state index in [0.717, 1.165) is 38.5 Å². The third-order valence-corrected chi connectivity index (χ3v) is 7.98. The summed E-state index contributed by atoms with van der Waals surface area (Å²) in [4.78, 5) is 27.0. The van der Waals surface area contributed by atoms with Crippen LogP contribution in [0.4, 0.5) is 0 Å². The van der Waals surface area contributed by atoms with E-state index in [4.69, 9.17) is 9.47 Å². The summed E-state index contributed by atoms with van der Waals surface area (Å²) in [5.74, 6) is 1.69. The molecule has 0 saturated heterocycles. The van der Waals surface area contributed by atoms with E-state index in [9.17, 15) is 9.59 Å². The zero-order valence-electron chi connectivity index (χ0n) is 20.2. The van der Waals surface area contributed by atoms with Crippen LogP contribution in [0, 0.1) is 0 Å². The summed E-state index contributed by atoms with van der Waals surface area (Å²) in [7, 11) is 1.61. The summed E-state index contributed by atoms with van der Waals surface area (Å²) in [6.45, 7) is 4.31. The van der Waals surface area contributed by atoms with Gasteiger partial charge in [-0.3, -0.25) is 4.79 Å². The van der Waals surface area contributed by atoms with E-state index in [1.165, 1.54) is 0 Å². The topological polar surface area (TPSA) is 64.6 Å². The molecule has 0 spiro atoms. The Hall–Kier alpha value is -2.51. The number of rotatable bonds is 8. The van der Waals surface area contributed by atoms with Crippen molar-refractivity contribution < 1.29 is 19.1 Å². The molecule has 1 aliphatic heterocycles. The van der Waals surface area contributed by atoms with E-state index in [0.29, 0.717) is 36.3 Å². The van der Waals surface area contributed by atoms with E-state index in [2.05, 4.69) is 40.3 Å². The number of ketones is 1. The molecule has 184 valence electrons. The van der Waals surface area contributed by atoms with Crippen LogP contribution in [-0.2, 0) is 14.3 Å². The molecule has 2 aromatic carbocycles. The lowest BCUT2D eigenvalue weighted by atomic mass is 9.72. The zero-order valence-corrected chi connectivity index (χ0v) is 22.6. The highest BCUT2D eigenvalue weighted by Gasteiger charge is 2.41. The third-order valence-electron chi connectivity index (χ3n) is 6.49. The molecule has 5 nitrogen and oxygen atoms in total. The van der Waals surface area contributed by atoms with Crippen LogP contribution < -0.4 is 10.1 Å². The van der Waals surface area contributed by atoms with Crippen molar-refractivity contribution in [3.8, 4) is 5.75 Å². The van der Waals surface area contributed by atoms with Crippen LogP contribution in [0.5, 0.6) is 5.75 Å². The van der Waals surface area contributed by atoms with Crippen molar-refractivity contribution in [2.24, 2.45) is 0 Å². The van der Waals surface area contributed by atoms with E-state index in [1.807, 2.05) is 43.3 Å². The summed E-state index contributed by atoms with van der Waals surface area (Å²) in [6.07, 6.45) is 1.12. The number of methoxy groups -OCH3 is 1. The van der Waals surface area contributed by atoms with Crippen LogP contribution in [0.25, 0.3) is 0 Å². The first-order valence-electron chi connectivity index (χ1n) is 11.8. The highest BCUT2D eigenvalue weighted by molar-refractivity contribution is 9.10. The molecule has 1 aliphatic carbocycles. The minimum atomic E-state index is -0.496. The first-order chi connectivity index (χ1) is 16.9. The normalized spacial score (nSPS) is 19.8. The molecule has 0 bridgehead atoms. The number of carbonyl (C=O) groups excluding carboxylic acids is 2. The minimum absolute atomic E-state index is 0.0592. The van der Waals surface area contributed by atoms with Crippen LogP contribution >= 0.6 is 27.7 Å². The van der Waals surface area contributed by atoms with Gasteiger partial charge in [-0.2, -0.15) is 11.8 Å². The van der Waals surface area contributed by atoms with Crippen molar-refractivity contribution in [2.75, 3.05) is 25.2 Å². The number of esters is 1. The number of halogens is 1. The Morgan fingerprint density at radius 2 is 1.91 bits per heavy atom. The standard InChI is InChI=1S/C28H30BrNO4S/c1-4-35-13-12-34-28(32)25-17(2)30-22-15-20(18-8-6-5-7-9-18)16-23(31)27(22)26(25)19-10-11-24(33-3)21(29)14-19/h5-11,14,20,26,30H,4,12-13,15-16H2,1-3H3/t20-,26-/m1/s1. The van der Waals surface area contributed by atoms with Gasteiger partial charge in [-0.25, -0.2) is 4.79 Å². The van der Waals surface area contributed by atoms with Crippen LogP contribution in [0.1, 0.15) is 49.7 Å². The molecule has 1 heterocycles. The molecule has 0 unspecified atom stereocenters. The van der Waals surface area contributed by atoms with Crippen LogP contribution in [0.15, 0.2) is 75.5 Å². The fourth-order valence-corrected chi connectivity index (χ4v) is 5.93. The van der Waals surface area contributed by atoms with Crippen molar-refractivity contribution in [2.45, 2.75) is 38.5 Å². The van der Waals surface area contributed by atoms with Gasteiger partial charge < -0.3 is 14.8 Å². The number of hydrogen-bond acceptors (Lipinski definition) is 6. The summed E-state index contributed by atoms with van der Waals surface area (Å²) in [6, 6.07) is 15.9. The zero-order chi connectivity index (χ0) is 24.9. The molecule has 2 atom stereocenters. The van der Waals surface area contributed by atoms with Crippen LogP contribution in [0.2, 0.25) is 0 Å². The van der Waals surface area contributed by atoms with E-state index < -0.39 is 5.92 Å². The predicted molar refractivity (Wildman–Crippen MR) is 144 cm³/mol. The highest BCUT2D eigenvalue weighted by atomic mass is 79.9. The van der Waals surface area contributed by atoms with Crippen molar-refractivity contribution in [1.29, 1.82) is 0 Å². The summed E-state index contributed by atoms with van der Waals surface area (Å²) in [5.41, 5.74) is 4.78. The second kappa shape index (κ2) is 11.5. The number of benzene rings is 2. The van der Waals surface area contributed by atoms with Gasteiger partial charge in [0.05, 0.1) is 17.2 Å². The van der Waals surface area contributed by atoms with Crippen molar-refractivity contribution in [3.63, 3.8) is 0 Å². The van der Waals surface area contributed by atoms with Crippen molar-refractivity contribution in [1.82, 2.24) is 5.32 Å². The van der Waals surface area contributed by atoms with Crippen LogP contribution in [-0.4, -0.2) is 37.0 Å². The SMILES string of the molecule is CCSCCOC(=O)C1=C(C)NC2=C(C(=O)C[C@H](c3ccccc3)C2)[C@@H]1c1ccc(OC)c(Br)c1. The van der Waals surface area contributed by atoms with Gasteiger partial charge in [-0.15, -0.1) is 0 Å². The Balaban J connectivity index is 1.74. The number of thioether (sulfide) groups is 1. The first-order valence-corrected chi connectivity index (χ1v) is 13.8. The maximum absolute atomic E-state index is 13.7. The first kappa shape index (κ1) is 25.6. The number of Topliss-reactive ketones (excluding diaryl/α,β-unsaturated/α-hetero) is 1. The smallest absolute Gasteiger partial charge is 0.336 e. The van der Waals surface area contributed by atoms with Gasteiger partial charge in [-0.1, -0.05) is 43.3 Å². The van der Waals surface area contributed by atoms with E-state index >= 15 is 0 Å². The summed E-state index contributed by atoms with van der Waals surface area (Å²) >= 11 is 5.30. The number of carbonyl (C=O) groups is 2. The predicted octanol–water partition coefficient (Wildman–Crippen LogP) is 6.12. The molecule has 0 amide bonds. The highest BCUT2D eigenvalue weighted by Crippen LogP contribution is 2.46. The minimum Gasteiger partial charge on any atom is -0.496 e. The third kappa shape index (κ3) is 5.51. The second-order valence-electron chi connectivity index (χ2n) is 8.65. The molecule has 1 N–H and O–H groups in total. The number of allylic oxidation sites excluding steroid dienone is 3. The van der Waals surface area contributed by atoms with Gasteiger partial charge >= 0.3 is 5.97 Å². The van der Waals surface area contributed by atoms with Gasteiger partial charge in [0.25, 0.3) is 0 Å². The van der Waals surface area contributed by atoms with Crippen molar-refractivity contribution >= 4 is 39.4 Å². The molecular formula is C28H30BrNO4S. The van der Waals surface area contributed by atoms with Crippen LogP contribution in [0.3, 0.4) is 0 Å². The van der Waals surface area contributed by atoms with E-state index in [1.54, 1.807) is 18.9 Å². The Kier molecular flexibility index (Phi) is 8.39. The summed E-state index contributed by atoms with van der Waals surface area (Å²) < 4.78 is 11.8. The Labute approximate surface area is 219 Å². The maximum atomic E-state index is 13.7. The number of ether oxygens (including phenoxy) is 2. The Bertz CT molecular complexity index is 1170. The molecular weight excluding hydrogens is 526 g/mol. The van der Waals surface area contributed by atoms with Gasteiger partial charge in [-0.05, 0) is 64.2 Å². The average molecular weight is 557 g/mol. The summed E-state index contributed by atoms with van der Waals surface area (Å²) in [5, 5.41) is 3.41. The number of dihydropyridines is 1. The fraction of sp³-hybridized carbons (Fsp3) is 0.357. The van der Waals surface area contributed by atoms with Gasteiger partial charge in [0, 0.05) is 35.1 Å². The molecule has 7 heteroatoms. The Morgan fingerprint density at radius 1 is 1.14 bits per heavy atom. The van der Waals surface area contributed by atoms with Gasteiger partial charge in [0.2, 0.25) is 0 Å². The molecule has 2 aliphatic rings. The monoisotopic (exact) mass is 555 g/mol. The second-order valence-corrected chi connectivity index (χ2v) is 10.9. The largest absolute Gasteiger partial charge is 0.496 e. The number of nitrogens with one attached hydrogen (secondary N) is 1. The molecule has 0 aromatic heterocycles. The van der Waals surface area contributed by atoms with Crippen molar-refractivity contribution in [3.05, 3.63) is 86.7 Å². The lowest BCUT2D eigenvalue weighted by molar-refractivity contribution is -0.138. The molecule has 2 aromatic rings. The lowest BCUT2D eigenvalue weighted by Crippen LogP contribution is -2.36. The van der Waals surface area contributed by atoms with E-state index in [-0.39, 0.29) is 17.7 Å². The quantitative estimate of drug-likeness (QED) is 0.313.